The molecule has 0 fully saturated rings. The van der Waals surface area contributed by atoms with Gasteiger partial charge in [0.05, 0.1) is 0 Å². The normalized spacial score (nSPS) is 11.7. The number of H-pyrrole nitrogens is 1. The largest absolute Gasteiger partial charge is 0.480 e. The van der Waals surface area contributed by atoms with E-state index in [1.54, 1.807) is 26.2 Å². The maximum atomic E-state index is 11.4. The first-order valence-corrected chi connectivity index (χ1v) is 7.73. The minimum atomic E-state index is -0.901. The Labute approximate surface area is 132 Å². The number of aliphatic carboxylic acids is 1. The zero-order valence-corrected chi connectivity index (χ0v) is 13.1. The summed E-state index contributed by atoms with van der Waals surface area (Å²) in [6, 6.07) is 11.9. The number of benzene rings is 1. The summed E-state index contributed by atoms with van der Waals surface area (Å²) in [5, 5.41) is 10.5. The number of fused-ring (bicyclic) bond motifs is 1. The Morgan fingerprint density at radius 1 is 1.27 bits per heavy atom. The Balaban J connectivity index is 2.06. The lowest BCUT2D eigenvalue weighted by molar-refractivity contribution is -0.138. The van der Waals surface area contributed by atoms with Crippen LogP contribution in [0.15, 0.2) is 53.7 Å². The van der Waals surface area contributed by atoms with Crippen LogP contribution >= 0.6 is 11.8 Å². The molecule has 0 radical (unpaired) electrons. The molecule has 2 aromatic heterocycles. The summed E-state index contributed by atoms with van der Waals surface area (Å²) in [4.78, 5) is 19.8. The molecule has 0 saturated carbocycles. The molecule has 0 aliphatic heterocycles. The zero-order valence-electron chi connectivity index (χ0n) is 12.3. The number of hydrogen-bond donors (Lipinski definition) is 2. The van der Waals surface area contributed by atoms with Crippen molar-refractivity contribution in [2.75, 3.05) is 0 Å². The van der Waals surface area contributed by atoms with E-state index in [9.17, 15) is 9.90 Å². The number of aromatic amines is 1. The van der Waals surface area contributed by atoms with E-state index in [2.05, 4.69) is 16.0 Å². The van der Waals surface area contributed by atoms with Gasteiger partial charge in [0.2, 0.25) is 0 Å². The molecule has 0 unspecified atom stereocenters. The zero-order chi connectivity index (χ0) is 15.7. The van der Waals surface area contributed by atoms with Crippen LogP contribution in [0.2, 0.25) is 0 Å². The van der Waals surface area contributed by atoms with E-state index in [-0.39, 0.29) is 0 Å². The van der Waals surface area contributed by atoms with Crippen molar-refractivity contribution >= 4 is 28.6 Å². The van der Waals surface area contributed by atoms with Crippen molar-refractivity contribution in [3.8, 4) is 11.3 Å². The summed E-state index contributed by atoms with van der Waals surface area (Å²) in [6.45, 7) is 3.41. The molecule has 0 amide bonds. The summed E-state index contributed by atoms with van der Waals surface area (Å²) < 4.78 is -0.901. The number of carboxylic acids is 1. The molecule has 5 heteroatoms. The highest BCUT2D eigenvalue weighted by atomic mass is 32.2. The van der Waals surface area contributed by atoms with Gasteiger partial charge in [-0.1, -0.05) is 18.2 Å². The number of para-hydroxylation sites is 1. The molecular formula is C17H16N2O2S. The van der Waals surface area contributed by atoms with Crippen molar-refractivity contribution in [1.29, 1.82) is 0 Å². The highest BCUT2D eigenvalue weighted by Gasteiger charge is 2.29. The summed E-state index contributed by atoms with van der Waals surface area (Å²) in [5.74, 6) is -0.836. The molecule has 2 heterocycles. The van der Waals surface area contributed by atoms with Crippen molar-refractivity contribution in [2.24, 2.45) is 0 Å². The molecule has 1 aromatic carbocycles. The number of nitrogens with zero attached hydrogens (tertiary/aromatic N) is 1. The first kappa shape index (κ1) is 14.7. The Morgan fingerprint density at radius 3 is 2.77 bits per heavy atom. The molecule has 0 aliphatic carbocycles. The first-order chi connectivity index (χ1) is 10.5. The molecule has 3 rings (SSSR count). The maximum Gasteiger partial charge on any atom is 0.319 e. The lowest BCUT2D eigenvalue weighted by Crippen LogP contribution is -2.27. The number of aromatic nitrogens is 2. The molecule has 22 heavy (non-hydrogen) atoms. The van der Waals surface area contributed by atoms with Gasteiger partial charge in [-0.05, 0) is 32.0 Å². The van der Waals surface area contributed by atoms with Gasteiger partial charge in [-0.25, -0.2) is 0 Å². The highest BCUT2D eigenvalue weighted by Crippen LogP contribution is 2.38. The first-order valence-electron chi connectivity index (χ1n) is 6.92. The fourth-order valence-electron chi connectivity index (χ4n) is 2.21. The second kappa shape index (κ2) is 5.50. The van der Waals surface area contributed by atoms with Crippen LogP contribution in [0.5, 0.6) is 0 Å². The van der Waals surface area contributed by atoms with Gasteiger partial charge in [-0.2, -0.15) is 0 Å². The van der Waals surface area contributed by atoms with Gasteiger partial charge >= 0.3 is 5.97 Å². The van der Waals surface area contributed by atoms with Crippen LogP contribution in [-0.2, 0) is 4.79 Å². The third-order valence-corrected chi connectivity index (χ3v) is 4.74. The van der Waals surface area contributed by atoms with Crippen LogP contribution < -0.4 is 0 Å². The Hall–Kier alpha value is -2.27. The van der Waals surface area contributed by atoms with Crippen LogP contribution in [0.4, 0.5) is 0 Å². The summed E-state index contributed by atoms with van der Waals surface area (Å²) in [5.41, 5.74) is 2.91. The molecule has 0 bridgehead atoms. The Bertz CT molecular complexity index is 806. The monoisotopic (exact) mass is 312 g/mol. The molecular weight excluding hydrogens is 296 g/mol. The summed E-state index contributed by atoms with van der Waals surface area (Å²) in [7, 11) is 0. The van der Waals surface area contributed by atoms with Gasteiger partial charge in [0.15, 0.2) is 0 Å². The van der Waals surface area contributed by atoms with Crippen molar-refractivity contribution < 1.29 is 9.90 Å². The van der Waals surface area contributed by atoms with Crippen LogP contribution in [0.25, 0.3) is 22.2 Å². The molecule has 2 N–H and O–H groups in total. The minimum Gasteiger partial charge on any atom is -0.480 e. The molecule has 112 valence electrons. The Kier molecular flexibility index (Phi) is 3.66. The van der Waals surface area contributed by atoms with Gasteiger partial charge in [0.25, 0.3) is 0 Å². The molecule has 3 aromatic rings. The van der Waals surface area contributed by atoms with E-state index in [1.807, 2.05) is 30.3 Å². The van der Waals surface area contributed by atoms with Gasteiger partial charge in [-0.15, -0.1) is 11.8 Å². The Morgan fingerprint density at radius 2 is 2.05 bits per heavy atom. The standard InChI is InChI=1S/C17H16N2O2S/c1-17(2,16(20)21)22-15-7-8-18-10-12(15)14-9-11-5-3-4-6-13(11)19-14/h3-10,19H,1-2H3,(H,20,21). The topological polar surface area (TPSA) is 66.0 Å². The van der Waals surface area contributed by atoms with Crippen LogP contribution in [0, 0.1) is 0 Å². The molecule has 0 aliphatic rings. The third-order valence-electron chi connectivity index (χ3n) is 3.48. The molecule has 0 atom stereocenters. The predicted molar refractivity (Wildman–Crippen MR) is 89.1 cm³/mol. The van der Waals surface area contributed by atoms with Crippen LogP contribution in [-0.4, -0.2) is 25.8 Å². The van der Waals surface area contributed by atoms with Crippen molar-refractivity contribution in [1.82, 2.24) is 9.97 Å². The number of nitrogens with one attached hydrogen (secondary N) is 1. The number of carbonyl (C=O) groups is 1. The fourth-order valence-corrected chi connectivity index (χ4v) is 3.25. The van der Waals surface area contributed by atoms with E-state index >= 15 is 0 Å². The fraction of sp³-hybridized carbons (Fsp3) is 0.176. The van der Waals surface area contributed by atoms with Crippen molar-refractivity contribution in [3.63, 3.8) is 0 Å². The average molecular weight is 312 g/mol. The summed E-state index contributed by atoms with van der Waals surface area (Å²) >= 11 is 1.33. The van der Waals surface area contributed by atoms with Gasteiger partial charge in [-0.3, -0.25) is 9.78 Å². The van der Waals surface area contributed by atoms with E-state index in [1.165, 1.54) is 11.8 Å². The second-order valence-electron chi connectivity index (χ2n) is 5.56. The van der Waals surface area contributed by atoms with Crippen LogP contribution in [0.3, 0.4) is 0 Å². The third kappa shape index (κ3) is 2.72. The van der Waals surface area contributed by atoms with Crippen LogP contribution in [0.1, 0.15) is 13.8 Å². The van der Waals surface area contributed by atoms with E-state index in [4.69, 9.17) is 0 Å². The van der Waals surface area contributed by atoms with Gasteiger partial charge in [0.1, 0.15) is 4.75 Å². The number of carboxylic acid groups (broad SMARTS) is 1. The van der Waals surface area contributed by atoms with Crippen molar-refractivity contribution in [2.45, 2.75) is 23.5 Å². The molecule has 0 saturated heterocycles. The second-order valence-corrected chi connectivity index (χ2v) is 7.22. The van der Waals surface area contributed by atoms with Gasteiger partial charge < -0.3 is 10.1 Å². The number of hydrogen-bond acceptors (Lipinski definition) is 3. The van der Waals surface area contributed by atoms with Gasteiger partial charge in [0, 0.05) is 39.4 Å². The average Bonchev–Trinajstić information content (AvgIpc) is 2.91. The van der Waals surface area contributed by atoms with E-state index in [0.29, 0.717) is 0 Å². The SMILES string of the molecule is CC(C)(Sc1ccncc1-c1cc2ccccc2[nH]1)C(=O)O. The molecule has 0 spiro atoms. The lowest BCUT2D eigenvalue weighted by Gasteiger charge is -2.19. The van der Waals surface area contributed by atoms with E-state index in [0.717, 1.165) is 27.1 Å². The number of pyridine rings is 1. The summed E-state index contributed by atoms with van der Waals surface area (Å²) in [6.07, 6.45) is 3.46. The van der Waals surface area contributed by atoms with E-state index < -0.39 is 10.7 Å². The number of thioether (sulfide) groups is 1. The maximum absolute atomic E-state index is 11.4. The number of rotatable bonds is 4. The quantitative estimate of drug-likeness (QED) is 0.709. The lowest BCUT2D eigenvalue weighted by atomic mass is 10.2. The molecule has 4 nitrogen and oxygen atoms in total. The smallest absolute Gasteiger partial charge is 0.319 e. The predicted octanol–water partition coefficient (Wildman–Crippen LogP) is 4.19. The minimum absolute atomic E-state index is 0.836. The highest BCUT2D eigenvalue weighted by molar-refractivity contribution is 8.01. The van der Waals surface area contributed by atoms with Crippen molar-refractivity contribution in [3.05, 3.63) is 48.8 Å².